The summed E-state index contributed by atoms with van der Waals surface area (Å²) in [5.74, 6) is 1.10. The molecule has 1 aliphatic rings. The number of halogens is 1. The molecule has 3 heterocycles. The fourth-order valence-electron chi connectivity index (χ4n) is 3.27. The minimum absolute atomic E-state index is 0.241. The van der Waals surface area contributed by atoms with Crippen molar-refractivity contribution in [3.8, 4) is 5.82 Å². The molecule has 0 bridgehead atoms. The summed E-state index contributed by atoms with van der Waals surface area (Å²) in [5.41, 5.74) is 1.68. The lowest BCUT2D eigenvalue weighted by Crippen LogP contribution is -2.30. The highest BCUT2D eigenvalue weighted by molar-refractivity contribution is 7.86. The topological polar surface area (TPSA) is 118 Å². The van der Waals surface area contributed by atoms with E-state index in [1.165, 1.54) is 29.9 Å². The number of anilines is 2. The third-order valence-corrected chi connectivity index (χ3v) is 7.82. The van der Waals surface area contributed by atoms with Crippen LogP contribution in [-0.2, 0) is 11.0 Å². The number of nitrogens with one attached hydrogen (secondary N) is 3. The number of urea groups is 1. The van der Waals surface area contributed by atoms with Crippen molar-refractivity contribution in [1.82, 2.24) is 19.3 Å². The summed E-state index contributed by atoms with van der Waals surface area (Å²) >= 11 is 6.95. The van der Waals surface area contributed by atoms with Gasteiger partial charge < -0.3 is 10.6 Å². The van der Waals surface area contributed by atoms with E-state index in [0.717, 1.165) is 29.5 Å². The van der Waals surface area contributed by atoms with Crippen LogP contribution in [0.1, 0.15) is 12.8 Å². The van der Waals surface area contributed by atoms with E-state index in [2.05, 4.69) is 25.3 Å². The van der Waals surface area contributed by atoms with Crippen molar-refractivity contribution in [1.29, 1.82) is 0 Å². The molecular formula is C22H19ClN6O3S2. The van der Waals surface area contributed by atoms with Gasteiger partial charge in [-0.15, -0.1) is 11.3 Å². The van der Waals surface area contributed by atoms with E-state index in [1.54, 1.807) is 30.3 Å². The SMILES string of the molecule is O=C(Nc1ccc(-n2cnc3cc(NCC4CC4)ccc3c2=O)nc1)NS(=O)c1ccc(Cl)s1. The molecule has 9 nitrogen and oxygen atoms in total. The second kappa shape index (κ2) is 9.53. The van der Waals surface area contributed by atoms with E-state index in [4.69, 9.17) is 11.6 Å². The zero-order chi connectivity index (χ0) is 23.7. The van der Waals surface area contributed by atoms with E-state index in [-0.39, 0.29) is 5.56 Å². The molecule has 0 aliphatic heterocycles. The Hall–Kier alpha value is -3.28. The molecule has 1 unspecified atom stereocenters. The Morgan fingerprint density at radius 3 is 2.68 bits per heavy atom. The second-order valence-electron chi connectivity index (χ2n) is 7.76. The number of carbonyl (C=O) groups is 1. The summed E-state index contributed by atoms with van der Waals surface area (Å²) in [6.07, 6.45) is 5.37. The molecule has 2 amide bonds. The Balaban J connectivity index is 1.27. The van der Waals surface area contributed by atoms with Gasteiger partial charge in [0.15, 0.2) is 11.0 Å². The van der Waals surface area contributed by atoms with Crippen LogP contribution in [0.2, 0.25) is 4.34 Å². The van der Waals surface area contributed by atoms with Crippen LogP contribution < -0.4 is 20.9 Å². The van der Waals surface area contributed by atoms with E-state index >= 15 is 0 Å². The van der Waals surface area contributed by atoms with Gasteiger partial charge in [0, 0.05) is 12.2 Å². The number of hydrogen-bond acceptors (Lipinski definition) is 7. The molecule has 1 atom stereocenters. The van der Waals surface area contributed by atoms with Crippen LogP contribution in [0.5, 0.6) is 0 Å². The third kappa shape index (κ3) is 5.11. The molecule has 4 aromatic rings. The first-order valence-electron chi connectivity index (χ1n) is 10.4. The zero-order valence-corrected chi connectivity index (χ0v) is 20.0. The lowest BCUT2D eigenvalue weighted by molar-refractivity contribution is 0.257. The molecular weight excluding hydrogens is 496 g/mol. The molecule has 0 radical (unpaired) electrons. The molecule has 1 saturated carbocycles. The van der Waals surface area contributed by atoms with Gasteiger partial charge in [-0.05, 0) is 61.2 Å². The summed E-state index contributed by atoms with van der Waals surface area (Å²) in [6, 6.07) is 11.2. The van der Waals surface area contributed by atoms with E-state index < -0.39 is 17.0 Å². The third-order valence-electron chi connectivity index (χ3n) is 5.22. The van der Waals surface area contributed by atoms with Crippen molar-refractivity contribution in [2.75, 3.05) is 17.2 Å². The van der Waals surface area contributed by atoms with Gasteiger partial charge >= 0.3 is 6.03 Å². The summed E-state index contributed by atoms with van der Waals surface area (Å²) in [4.78, 5) is 33.8. The number of nitrogens with zero attached hydrogens (tertiary/aromatic N) is 3. The van der Waals surface area contributed by atoms with Gasteiger partial charge in [0.1, 0.15) is 16.4 Å². The maximum atomic E-state index is 13.0. The first kappa shape index (κ1) is 22.5. The van der Waals surface area contributed by atoms with Crippen LogP contribution in [0.3, 0.4) is 0 Å². The number of pyridine rings is 1. The maximum absolute atomic E-state index is 13.0. The van der Waals surface area contributed by atoms with E-state index in [0.29, 0.717) is 31.0 Å². The molecule has 34 heavy (non-hydrogen) atoms. The number of benzene rings is 1. The predicted octanol–water partition coefficient (Wildman–Crippen LogP) is 4.16. The van der Waals surface area contributed by atoms with Crippen LogP contribution in [0, 0.1) is 5.92 Å². The van der Waals surface area contributed by atoms with Gasteiger partial charge in [-0.1, -0.05) is 11.6 Å². The molecule has 3 N–H and O–H groups in total. The van der Waals surface area contributed by atoms with Crippen LogP contribution in [0.25, 0.3) is 16.7 Å². The summed E-state index contributed by atoms with van der Waals surface area (Å²) in [5, 5.41) is 6.43. The highest BCUT2D eigenvalue weighted by Crippen LogP contribution is 2.29. The molecule has 1 aromatic carbocycles. The summed E-state index contributed by atoms with van der Waals surface area (Å²) < 4.78 is 16.8. The van der Waals surface area contributed by atoms with Crippen molar-refractivity contribution < 1.29 is 9.00 Å². The predicted molar refractivity (Wildman–Crippen MR) is 134 cm³/mol. The number of fused-ring (bicyclic) bond motifs is 1. The van der Waals surface area contributed by atoms with Gasteiger partial charge in [0.05, 0.1) is 27.1 Å². The average Bonchev–Trinajstić information content (AvgIpc) is 3.56. The first-order chi connectivity index (χ1) is 16.5. The number of carbonyl (C=O) groups excluding carboxylic acids is 1. The minimum atomic E-state index is -1.73. The average molecular weight is 515 g/mol. The monoisotopic (exact) mass is 514 g/mol. The van der Waals surface area contributed by atoms with Gasteiger partial charge in [0.25, 0.3) is 5.56 Å². The Morgan fingerprint density at radius 1 is 1.15 bits per heavy atom. The Bertz CT molecular complexity index is 1450. The van der Waals surface area contributed by atoms with Crippen LogP contribution in [-0.4, -0.2) is 31.3 Å². The van der Waals surface area contributed by atoms with Gasteiger partial charge in [-0.25, -0.2) is 19.0 Å². The van der Waals surface area contributed by atoms with E-state index in [1.807, 2.05) is 12.1 Å². The number of aromatic nitrogens is 3. The largest absolute Gasteiger partial charge is 0.385 e. The number of rotatable bonds is 7. The van der Waals surface area contributed by atoms with Crippen molar-refractivity contribution in [2.45, 2.75) is 17.1 Å². The quantitative estimate of drug-likeness (QED) is 0.341. The standard InChI is InChI=1S/C22H19ClN6O3S2/c23-18-6-8-20(33-18)34(32)28-22(31)27-15-4-7-19(25-11-15)29-12-26-17-9-14(24-10-13-1-2-13)3-5-16(17)21(29)30/h3-9,11-13,24H,1-2,10H2,(H2,27,28,31). The minimum Gasteiger partial charge on any atom is -0.385 e. The van der Waals surface area contributed by atoms with Crippen molar-refractivity contribution in [2.24, 2.45) is 5.92 Å². The van der Waals surface area contributed by atoms with Crippen LogP contribution in [0.15, 0.2) is 64.0 Å². The number of thiophene rings is 1. The first-order valence-corrected chi connectivity index (χ1v) is 12.8. The molecule has 12 heteroatoms. The zero-order valence-electron chi connectivity index (χ0n) is 17.7. The van der Waals surface area contributed by atoms with Gasteiger partial charge in [-0.2, -0.15) is 0 Å². The molecule has 1 aliphatic carbocycles. The molecule has 0 saturated heterocycles. The lowest BCUT2D eigenvalue weighted by Gasteiger charge is -2.10. The molecule has 5 rings (SSSR count). The molecule has 1 fully saturated rings. The summed E-state index contributed by atoms with van der Waals surface area (Å²) in [6.45, 7) is 0.934. The van der Waals surface area contributed by atoms with Gasteiger partial charge in [-0.3, -0.25) is 14.1 Å². The Labute approximate surface area is 205 Å². The molecule has 3 aromatic heterocycles. The van der Waals surface area contributed by atoms with Crippen molar-refractivity contribution in [3.63, 3.8) is 0 Å². The molecule has 174 valence electrons. The lowest BCUT2D eigenvalue weighted by atomic mass is 10.2. The fourth-order valence-corrected chi connectivity index (χ4v) is 5.39. The highest BCUT2D eigenvalue weighted by Gasteiger charge is 2.20. The smallest absolute Gasteiger partial charge is 0.331 e. The van der Waals surface area contributed by atoms with E-state index in [9.17, 15) is 13.8 Å². The summed E-state index contributed by atoms with van der Waals surface area (Å²) in [7, 11) is -1.73. The maximum Gasteiger partial charge on any atom is 0.331 e. The number of hydrogen-bond donors (Lipinski definition) is 3. The second-order valence-corrected chi connectivity index (χ2v) is 10.9. The fraction of sp³-hybridized carbons (Fsp3) is 0.182. The normalized spacial score (nSPS) is 14.0. The Morgan fingerprint density at radius 2 is 1.97 bits per heavy atom. The molecule has 0 spiro atoms. The van der Waals surface area contributed by atoms with Crippen LogP contribution >= 0.6 is 22.9 Å². The van der Waals surface area contributed by atoms with Crippen LogP contribution in [0.4, 0.5) is 16.2 Å². The van der Waals surface area contributed by atoms with Gasteiger partial charge in [0.2, 0.25) is 0 Å². The van der Waals surface area contributed by atoms with Crippen molar-refractivity contribution >= 4 is 62.2 Å². The number of amides is 2. The highest BCUT2D eigenvalue weighted by atomic mass is 35.5. The Kier molecular flexibility index (Phi) is 6.31. The van der Waals surface area contributed by atoms with Crippen molar-refractivity contribution in [3.05, 3.63) is 69.7 Å².